The predicted octanol–water partition coefficient (Wildman–Crippen LogP) is 3.62. The van der Waals surface area contributed by atoms with Crippen LogP contribution in [0, 0.1) is 11.5 Å². The maximum atomic E-state index is 8.82. The molecule has 27 heavy (non-hydrogen) atoms. The first-order chi connectivity index (χ1) is 13.2. The molecule has 7 nitrogen and oxygen atoms in total. The van der Waals surface area contributed by atoms with Gasteiger partial charge in [0.2, 0.25) is 0 Å². The molecule has 1 N–H and O–H groups in total. The molecule has 0 saturated heterocycles. The quantitative estimate of drug-likeness (QED) is 0.505. The molecule has 0 bridgehead atoms. The van der Waals surface area contributed by atoms with E-state index in [9.17, 15) is 0 Å². The fraction of sp³-hybridized carbons (Fsp3) is 0.200. The third-order valence-electron chi connectivity index (χ3n) is 4.05. The number of ether oxygens (including phenoxy) is 4. The van der Waals surface area contributed by atoms with Crippen molar-refractivity contribution in [3.63, 3.8) is 0 Å². The Kier molecular flexibility index (Phi) is 5.47. The minimum Gasteiger partial charge on any atom is -0.497 e. The van der Waals surface area contributed by atoms with Gasteiger partial charge in [-0.25, -0.2) is 0 Å². The van der Waals surface area contributed by atoms with E-state index in [2.05, 4.69) is 10.3 Å². The molecule has 0 amide bonds. The Hall–Kier alpha value is -3.66. The van der Waals surface area contributed by atoms with Crippen LogP contribution in [-0.4, -0.2) is 26.3 Å². The Balaban J connectivity index is 2.05. The number of hydrogen-bond acceptors (Lipinski definition) is 7. The Morgan fingerprint density at radius 3 is 2.41 bits per heavy atom. The lowest BCUT2D eigenvalue weighted by molar-refractivity contribution is 0.355. The van der Waals surface area contributed by atoms with Crippen LogP contribution in [0.15, 0.2) is 42.6 Å². The average molecular weight is 365 g/mol. The van der Waals surface area contributed by atoms with Crippen molar-refractivity contribution in [2.24, 2.45) is 0 Å². The number of fused-ring (bicyclic) bond motifs is 1. The summed E-state index contributed by atoms with van der Waals surface area (Å²) in [5.41, 5.74) is 1.51. The highest BCUT2D eigenvalue weighted by Gasteiger charge is 2.13. The lowest BCUT2D eigenvalue weighted by Crippen LogP contribution is -2.06. The van der Waals surface area contributed by atoms with E-state index >= 15 is 0 Å². The van der Waals surface area contributed by atoms with Gasteiger partial charge in [-0.05, 0) is 30.3 Å². The van der Waals surface area contributed by atoms with Crippen LogP contribution >= 0.6 is 0 Å². The van der Waals surface area contributed by atoms with Crippen LogP contribution in [0.1, 0.15) is 5.56 Å². The van der Waals surface area contributed by atoms with Crippen molar-refractivity contribution in [3.8, 4) is 34.9 Å². The smallest absolute Gasteiger partial charge is 0.176 e. The second kappa shape index (κ2) is 8.15. The van der Waals surface area contributed by atoms with Crippen LogP contribution in [-0.2, 0) is 6.54 Å². The first-order valence-corrected chi connectivity index (χ1v) is 8.17. The highest BCUT2D eigenvalue weighted by molar-refractivity contribution is 5.88. The van der Waals surface area contributed by atoms with Gasteiger partial charge < -0.3 is 24.3 Å². The van der Waals surface area contributed by atoms with Gasteiger partial charge in [-0.15, -0.1) is 0 Å². The zero-order valence-corrected chi connectivity index (χ0v) is 15.3. The lowest BCUT2D eigenvalue weighted by atomic mass is 10.1. The fourth-order valence-corrected chi connectivity index (χ4v) is 2.71. The standard InChI is InChI=1S/C20H19N3O4/c1-24-14-4-5-17(13(8-14)11-22-12-21)27-18-6-7-23-16-10-20(26-3)19(25-2)9-15(16)18/h4-10,22H,11H2,1-3H3. The number of hydrogen-bond donors (Lipinski definition) is 1. The van der Waals surface area contributed by atoms with E-state index in [0.717, 1.165) is 16.5 Å². The number of aromatic nitrogens is 1. The lowest BCUT2D eigenvalue weighted by Gasteiger charge is -2.15. The number of nitrogens with one attached hydrogen (secondary N) is 1. The molecule has 0 radical (unpaired) electrons. The van der Waals surface area contributed by atoms with E-state index in [-0.39, 0.29) is 0 Å². The molecule has 3 rings (SSSR count). The number of pyridine rings is 1. The molecule has 0 saturated carbocycles. The first kappa shape index (κ1) is 18.1. The summed E-state index contributed by atoms with van der Waals surface area (Å²) in [6, 6.07) is 10.8. The minimum absolute atomic E-state index is 0.323. The molecule has 0 aliphatic carbocycles. The number of rotatable bonds is 7. The molecule has 0 aliphatic heterocycles. The van der Waals surface area contributed by atoms with Crippen molar-refractivity contribution < 1.29 is 18.9 Å². The molecule has 0 unspecified atom stereocenters. The van der Waals surface area contributed by atoms with Gasteiger partial charge in [-0.1, -0.05) is 0 Å². The Bertz CT molecular complexity index is 998. The second-order valence-electron chi connectivity index (χ2n) is 5.57. The molecule has 3 aromatic rings. The van der Waals surface area contributed by atoms with Crippen molar-refractivity contribution in [1.82, 2.24) is 10.3 Å². The normalized spacial score (nSPS) is 10.1. The van der Waals surface area contributed by atoms with Crippen LogP contribution in [0.4, 0.5) is 0 Å². The Morgan fingerprint density at radius 1 is 0.926 bits per heavy atom. The van der Waals surface area contributed by atoms with Crippen molar-refractivity contribution in [3.05, 3.63) is 48.2 Å². The van der Waals surface area contributed by atoms with Gasteiger partial charge in [0.1, 0.15) is 17.2 Å². The summed E-state index contributed by atoms with van der Waals surface area (Å²) >= 11 is 0. The number of methoxy groups -OCH3 is 3. The summed E-state index contributed by atoms with van der Waals surface area (Å²) < 4.78 is 22.1. The molecule has 138 valence electrons. The minimum atomic E-state index is 0.323. The van der Waals surface area contributed by atoms with Crippen molar-refractivity contribution in [2.45, 2.75) is 6.54 Å². The van der Waals surface area contributed by atoms with Gasteiger partial charge in [0, 0.05) is 23.2 Å². The predicted molar refractivity (Wildman–Crippen MR) is 100 cm³/mol. The van der Waals surface area contributed by atoms with Crippen LogP contribution in [0.2, 0.25) is 0 Å². The van der Waals surface area contributed by atoms with Crippen molar-refractivity contribution in [1.29, 1.82) is 5.26 Å². The number of nitriles is 1. The molecule has 1 heterocycles. The highest BCUT2D eigenvalue weighted by Crippen LogP contribution is 2.38. The van der Waals surface area contributed by atoms with Gasteiger partial charge in [0.15, 0.2) is 17.7 Å². The topological polar surface area (TPSA) is 85.6 Å². The van der Waals surface area contributed by atoms with Crippen LogP contribution in [0.25, 0.3) is 10.9 Å². The van der Waals surface area contributed by atoms with Crippen LogP contribution in [0.3, 0.4) is 0 Å². The molecule has 0 aliphatic rings. The SMILES string of the molecule is COc1ccc(Oc2ccnc3cc(OC)c(OC)cc23)c(CNC#N)c1. The zero-order chi connectivity index (χ0) is 19.2. The van der Waals surface area contributed by atoms with Gasteiger partial charge in [-0.3, -0.25) is 4.98 Å². The third kappa shape index (κ3) is 3.80. The number of benzene rings is 2. The van der Waals surface area contributed by atoms with Gasteiger partial charge in [0.05, 0.1) is 33.4 Å². The monoisotopic (exact) mass is 365 g/mol. The molecule has 2 aromatic carbocycles. The molecule has 7 heteroatoms. The summed E-state index contributed by atoms with van der Waals surface area (Å²) in [6.07, 6.45) is 3.58. The summed E-state index contributed by atoms with van der Waals surface area (Å²) in [6.45, 7) is 0.323. The van der Waals surface area contributed by atoms with E-state index < -0.39 is 0 Å². The number of nitrogens with zero attached hydrogens (tertiary/aromatic N) is 2. The fourth-order valence-electron chi connectivity index (χ4n) is 2.71. The Morgan fingerprint density at radius 2 is 1.70 bits per heavy atom. The molecule has 1 aromatic heterocycles. The average Bonchev–Trinajstić information content (AvgIpc) is 2.72. The van der Waals surface area contributed by atoms with Crippen molar-refractivity contribution in [2.75, 3.05) is 21.3 Å². The summed E-state index contributed by atoms with van der Waals surface area (Å²) in [5.74, 6) is 3.09. The molecule has 0 spiro atoms. The van der Waals surface area contributed by atoms with Gasteiger partial charge in [-0.2, -0.15) is 5.26 Å². The van der Waals surface area contributed by atoms with Crippen molar-refractivity contribution >= 4 is 10.9 Å². The van der Waals surface area contributed by atoms with Crippen LogP contribution < -0.4 is 24.3 Å². The highest BCUT2D eigenvalue weighted by atomic mass is 16.5. The van der Waals surface area contributed by atoms with E-state index in [1.807, 2.05) is 18.3 Å². The largest absolute Gasteiger partial charge is 0.497 e. The molecular formula is C20H19N3O4. The summed E-state index contributed by atoms with van der Waals surface area (Å²) in [5, 5.41) is 12.2. The van der Waals surface area contributed by atoms with Crippen LogP contribution in [0.5, 0.6) is 28.7 Å². The molecular weight excluding hydrogens is 346 g/mol. The van der Waals surface area contributed by atoms with E-state index in [1.165, 1.54) is 0 Å². The summed E-state index contributed by atoms with van der Waals surface area (Å²) in [4.78, 5) is 4.38. The maximum Gasteiger partial charge on any atom is 0.176 e. The third-order valence-corrected chi connectivity index (χ3v) is 4.05. The Labute approximate surface area is 157 Å². The molecule has 0 fully saturated rings. The zero-order valence-electron chi connectivity index (χ0n) is 15.3. The van der Waals surface area contributed by atoms with E-state index in [1.54, 1.807) is 51.8 Å². The summed E-state index contributed by atoms with van der Waals surface area (Å²) in [7, 11) is 4.75. The second-order valence-corrected chi connectivity index (χ2v) is 5.57. The van der Waals surface area contributed by atoms with Gasteiger partial charge in [0.25, 0.3) is 0 Å². The molecule has 0 atom stereocenters. The van der Waals surface area contributed by atoms with E-state index in [4.69, 9.17) is 24.2 Å². The maximum absolute atomic E-state index is 8.82. The first-order valence-electron chi connectivity index (χ1n) is 8.17. The van der Waals surface area contributed by atoms with E-state index in [0.29, 0.717) is 35.3 Å². The van der Waals surface area contributed by atoms with Gasteiger partial charge >= 0.3 is 0 Å².